The van der Waals surface area contributed by atoms with Crippen LogP contribution in [0.15, 0.2) is 70.4 Å². The van der Waals surface area contributed by atoms with Crippen molar-refractivity contribution in [3.8, 4) is 21.1 Å². The molecule has 0 saturated carbocycles. The zero-order chi connectivity index (χ0) is 23.6. The number of halogens is 2. The Bertz CT molecular complexity index is 1450. The molecule has 11 heteroatoms. The zero-order valence-corrected chi connectivity index (χ0v) is 19.0. The van der Waals surface area contributed by atoms with Crippen molar-refractivity contribution < 1.29 is 17.2 Å². The fourth-order valence-electron chi connectivity index (χ4n) is 3.12. The number of nitrogens with zero attached hydrogens (tertiary/aromatic N) is 3. The summed E-state index contributed by atoms with van der Waals surface area (Å²) in [5.74, 6) is -2.01. The molecule has 2 heterocycles. The Kier molecular flexibility index (Phi) is 6.45. The summed E-state index contributed by atoms with van der Waals surface area (Å²) in [6.45, 7) is 1.57. The highest BCUT2D eigenvalue weighted by atomic mass is 32.2. The van der Waals surface area contributed by atoms with Gasteiger partial charge in [0.25, 0.3) is 5.56 Å². The van der Waals surface area contributed by atoms with Gasteiger partial charge in [-0.1, -0.05) is 30.3 Å². The highest BCUT2D eigenvalue weighted by Gasteiger charge is 2.17. The maximum absolute atomic E-state index is 13.4. The number of hydrogen-bond acceptors (Lipinski definition) is 6. The third kappa shape index (κ3) is 5.21. The summed E-state index contributed by atoms with van der Waals surface area (Å²) >= 11 is 1.44. The molecule has 4 aromatic rings. The lowest BCUT2D eigenvalue weighted by Gasteiger charge is -2.09. The number of thiazole rings is 1. The maximum Gasteiger partial charge on any atom is 0.266 e. The molecule has 0 saturated heterocycles. The van der Waals surface area contributed by atoms with E-state index in [1.165, 1.54) is 17.4 Å². The molecule has 0 atom stereocenters. The summed E-state index contributed by atoms with van der Waals surface area (Å²) < 4.78 is 54.7. The minimum atomic E-state index is -4.17. The second-order valence-electron chi connectivity index (χ2n) is 7.08. The molecule has 170 valence electrons. The van der Waals surface area contributed by atoms with Gasteiger partial charge in [-0.05, 0) is 25.1 Å². The van der Waals surface area contributed by atoms with Crippen LogP contribution in [-0.4, -0.2) is 29.7 Å². The Labute approximate surface area is 192 Å². The molecule has 0 unspecified atom stereocenters. The van der Waals surface area contributed by atoms with Crippen LogP contribution in [0.2, 0.25) is 0 Å². The second-order valence-corrected chi connectivity index (χ2v) is 9.85. The summed E-state index contributed by atoms with van der Waals surface area (Å²) in [6, 6.07) is 14.6. The lowest BCUT2D eigenvalue weighted by Crippen LogP contribution is -2.32. The summed E-state index contributed by atoms with van der Waals surface area (Å²) in [7, 11) is -4.17. The van der Waals surface area contributed by atoms with E-state index in [1.54, 1.807) is 6.07 Å². The van der Waals surface area contributed by atoms with Gasteiger partial charge in [0.05, 0.1) is 22.0 Å². The number of aromatic nitrogens is 3. The summed E-state index contributed by atoms with van der Waals surface area (Å²) in [6.07, 6.45) is 0. The predicted molar refractivity (Wildman–Crippen MR) is 121 cm³/mol. The molecule has 4 rings (SSSR count). The van der Waals surface area contributed by atoms with Gasteiger partial charge >= 0.3 is 0 Å². The monoisotopic (exact) mass is 488 g/mol. The Morgan fingerprint density at radius 3 is 2.42 bits per heavy atom. The van der Waals surface area contributed by atoms with Crippen molar-refractivity contribution in [2.24, 2.45) is 0 Å². The minimum absolute atomic E-state index is 0.0763. The molecule has 0 bridgehead atoms. The quantitative estimate of drug-likeness (QED) is 0.429. The van der Waals surface area contributed by atoms with Gasteiger partial charge in [-0.25, -0.2) is 31.6 Å². The molecule has 2 aromatic heterocycles. The van der Waals surface area contributed by atoms with Gasteiger partial charge in [0.1, 0.15) is 22.3 Å². The van der Waals surface area contributed by atoms with E-state index in [2.05, 4.69) is 14.8 Å². The lowest BCUT2D eigenvalue weighted by molar-refractivity contribution is 0.543. The normalized spacial score (nSPS) is 11.6. The number of nitrogens with one attached hydrogen (secondary N) is 1. The zero-order valence-electron chi connectivity index (χ0n) is 17.3. The fraction of sp³-hybridized carbons (Fsp3) is 0.136. The van der Waals surface area contributed by atoms with Gasteiger partial charge in [-0.3, -0.25) is 4.79 Å². The van der Waals surface area contributed by atoms with E-state index in [-0.39, 0.29) is 13.1 Å². The van der Waals surface area contributed by atoms with Crippen LogP contribution in [0.4, 0.5) is 8.78 Å². The first kappa shape index (κ1) is 22.9. The molecule has 0 aliphatic carbocycles. The Hall–Kier alpha value is -3.28. The number of benzene rings is 2. The van der Waals surface area contributed by atoms with Gasteiger partial charge in [0.15, 0.2) is 0 Å². The first-order valence-corrected chi connectivity index (χ1v) is 12.1. The molecule has 2 aromatic carbocycles. The van der Waals surface area contributed by atoms with Gasteiger partial charge < -0.3 is 0 Å². The van der Waals surface area contributed by atoms with E-state index < -0.39 is 32.1 Å². The van der Waals surface area contributed by atoms with Crippen molar-refractivity contribution in [1.82, 2.24) is 19.5 Å². The number of sulfonamides is 1. The molecule has 1 N–H and O–H groups in total. The van der Waals surface area contributed by atoms with Crippen molar-refractivity contribution in [1.29, 1.82) is 0 Å². The van der Waals surface area contributed by atoms with Crippen molar-refractivity contribution in [3.05, 3.63) is 88.3 Å². The first-order valence-electron chi connectivity index (χ1n) is 9.80. The van der Waals surface area contributed by atoms with Crippen molar-refractivity contribution in [3.63, 3.8) is 0 Å². The van der Waals surface area contributed by atoms with Gasteiger partial charge in [0, 0.05) is 24.2 Å². The molecule has 0 fully saturated rings. The van der Waals surface area contributed by atoms with Crippen LogP contribution in [0, 0.1) is 18.6 Å². The maximum atomic E-state index is 13.4. The van der Waals surface area contributed by atoms with Gasteiger partial charge in [0.2, 0.25) is 10.0 Å². The van der Waals surface area contributed by atoms with Crippen molar-refractivity contribution >= 4 is 21.4 Å². The molecule has 33 heavy (non-hydrogen) atoms. The van der Waals surface area contributed by atoms with Crippen LogP contribution in [0.5, 0.6) is 0 Å². The van der Waals surface area contributed by atoms with Crippen molar-refractivity contribution in [2.45, 2.75) is 18.4 Å². The highest BCUT2D eigenvalue weighted by Crippen LogP contribution is 2.33. The first-order chi connectivity index (χ1) is 15.7. The Morgan fingerprint density at radius 1 is 1.03 bits per heavy atom. The van der Waals surface area contributed by atoms with Crippen LogP contribution in [0.1, 0.15) is 5.69 Å². The van der Waals surface area contributed by atoms with Crippen molar-refractivity contribution in [2.75, 3.05) is 6.54 Å². The molecule has 0 spiro atoms. The SMILES string of the molecule is Cc1nc(-c2ccccc2)sc1-c1ccc(=O)n(CCNS(=O)(=O)c2cc(F)cc(F)c2)n1. The third-order valence-electron chi connectivity index (χ3n) is 4.68. The standard InChI is InChI=1S/C22H18F2N4O3S2/c1-14-21(32-22(26-14)15-5-3-2-4-6-15)19-7-8-20(29)28(27-19)10-9-25-33(30,31)18-12-16(23)11-17(24)13-18/h2-8,11-13,25H,9-10H2,1H3. The predicted octanol–water partition coefficient (Wildman–Crippen LogP) is 3.60. The smallest absolute Gasteiger partial charge is 0.266 e. The molecule has 0 radical (unpaired) electrons. The molecule has 0 aliphatic heterocycles. The van der Waals surface area contributed by atoms with Crippen LogP contribution in [-0.2, 0) is 16.6 Å². The van der Waals surface area contributed by atoms with E-state index in [0.29, 0.717) is 23.9 Å². The van der Waals surface area contributed by atoms with E-state index in [4.69, 9.17) is 0 Å². The average molecular weight is 489 g/mol. The van der Waals surface area contributed by atoms with Crippen LogP contribution >= 0.6 is 11.3 Å². The lowest BCUT2D eigenvalue weighted by atomic mass is 10.2. The Balaban J connectivity index is 1.53. The van der Waals surface area contributed by atoms with Crippen LogP contribution in [0.25, 0.3) is 21.1 Å². The topological polar surface area (TPSA) is 94.0 Å². The molecule has 0 aliphatic rings. The summed E-state index contributed by atoms with van der Waals surface area (Å²) in [5.41, 5.74) is 1.83. The second kappa shape index (κ2) is 9.30. The minimum Gasteiger partial charge on any atom is -0.268 e. The highest BCUT2D eigenvalue weighted by molar-refractivity contribution is 7.89. The van der Waals surface area contributed by atoms with E-state index in [0.717, 1.165) is 25.8 Å². The van der Waals surface area contributed by atoms with E-state index in [9.17, 15) is 22.0 Å². The number of hydrogen-bond donors (Lipinski definition) is 1. The number of aryl methyl sites for hydroxylation is 1. The third-order valence-corrected chi connectivity index (χ3v) is 7.35. The Morgan fingerprint density at radius 2 is 1.73 bits per heavy atom. The van der Waals surface area contributed by atoms with Gasteiger partial charge in [-0.2, -0.15) is 5.10 Å². The molecular weight excluding hydrogens is 470 g/mol. The van der Waals surface area contributed by atoms with E-state index >= 15 is 0 Å². The van der Waals surface area contributed by atoms with E-state index in [1.807, 2.05) is 37.3 Å². The largest absolute Gasteiger partial charge is 0.268 e. The van der Waals surface area contributed by atoms with Gasteiger partial charge in [-0.15, -0.1) is 11.3 Å². The number of rotatable bonds is 7. The summed E-state index contributed by atoms with van der Waals surface area (Å²) in [5, 5.41) is 5.17. The molecule has 7 nitrogen and oxygen atoms in total. The molecular formula is C22H18F2N4O3S2. The summed E-state index contributed by atoms with van der Waals surface area (Å²) in [4.78, 5) is 17.1. The fourth-order valence-corrected chi connectivity index (χ4v) is 5.22. The van der Waals surface area contributed by atoms with Crippen LogP contribution < -0.4 is 10.3 Å². The van der Waals surface area contributed by atoms with Crippen LogP contribution in [0.3, 0.4) is 0 Å². The molecule has 0 amide bonds. The average Bonchev–Trinajstić information content (AvgIpc) is 3.16.